The van der Waals surface area contributed by atoms with Gasteiger partial charge in [0.15, 0.2) is 0 Å². The minimum Gasteiger partial charge on any atom is -0.338 e. The van der Waals surface area contributed by atoms with Gasteiger partial charge in [0.2, 0.25) is 5.91 Å². The highest BCUT2D eigenvalue weighted by Gasteiger charge is 2.35. The largest absolute Gasteiger partial charge is 0.416 e. The van der Waals surface area contributed by atoms with Crippen molar-refractivity contribution < 1.29 is 22.8 Å². The van der Waals surface area contributed by atoms with Gasteiger partial charge in [-0.15, -0.1) is 0 Å². The standard InChI is InChI=1S/C19H23F3N2O2/c1-18(2)6-4-7-23(12-18)17(26)13-9-14(19(20,21)22)11-15(10-13)24-8-3-5-16(24)25/h9-11H,3-8,12H2,1-2H3. The number of hydrogen-bond donors (Lipinski definition) is 0. The number of anilines is 1. The lowest BCUT2D eigenvalue weighted by Crippen LogP contribution is -2.43. The molecule has 0 spiro atoms. The van der Waals surface area contributed by atoms with Gasteiger partial charge in [-0.25, -0.2) is 0 Å². The molecule has 2 aliphatic heterocycles. The predicted molar refractivity (Wildman–Crippen MR) is 91.9 cm³/mol. The number of piperidine rings is 1. The van der Waals surface area contributed by atoms with E-state index in [1.807, 2.05) is 13.8 Å². The van der Waals surface area contributed by atoms with Crippen LogP contribution in [0.1, 0.15) is 55.5 Å². The number of benzene rings is 1. The Hall–Kier alpha value is -2.05. The van der Waals surface area contributed by atoms with Crippen LogP contribution in [-0.4, -0.2) is 36.3 Å². The van der Waals surface area contributed by atoms with Crippen molar-refractivity contribution in [1.29, 1.82) is 0 Å². The summed E-state index contributed by atoms with van der Waals surface area (Å²) >= 11 is 0. The number of nitrogens with zero attached hydrogens (tertiary/aromatic N) is 2. The Balaban J connectivity index is 1.97. The first-order chi connectivity index (χ1) is 12.1. The number of carbonyl (C=O) groups is 2. The molecule has 2 saturated heterocycles. The van der Waals surface area contributed by atoms with Crippen molar-refractivity contribution in [1.82, 2.24) is 4.90 Å². The predicted octanol–water partition coefficient (Wildman–Crippen LogP) is 4.09. The van der Waals surface area contributed by atoms with Gasteiger partial charge >= 0.3 is 6.18 Å². The molecule has 0 bridgehead atoms. The third-order valence-corrected chi connectivity index (χ3v) is 5.06. The van der Waals surface area contributed by atoms with Crippen LogP contribution in [0.4, 0.5) is 18.9 Å². The van der Waals surface area contributed by atoms with Crippen molar-refractivity contribution in [2.75, 3.05) is 24.5 Å². The van der Waals surface area contributed by atoms with E-state index >= 15 is 0 Å². The molecular formula is C19H23F3N2O2. The van der Waals surface area contributed by atoms with Crippen molar-refractivity contribution in [2.24, 2.45) is 5.41 Å². The van der Waals surface area contributed by atoms with Gasteiger partial charge in [0.05, 0.1) is 5.56 Å². The number of carbonyl (C=O) groups excluding carboxylic acids is 2. The lowest BCUT2D eigenvalue weighted by Gasteiger charge is -2.38. The summed E-state index contributed by atoms with van der Waals surface area (Å²) in [5.41, 5.74) is -0.799. The van der Waals surface area contributed by atoms with Crippen molar-refractivity contribution in [3.63, 3.8) is 0 Å². The number of hydrogen-bond acceptors (Lipinski definition) is 2. The maximum absolute atomic E-state index is 13.3. The van der Waals surface area contributed by atoms with Crippen LogP contribution < -0.4 is 4.90 Å². The highest BCUT2D eigenvalue weighted by atomic mass is 19.4. The lowest BCUT2D eigenvalue weighted by molar-refractivity contribution is -0.137. The Labute approximate surface area is 151 Å². The molecule has 0 saturated carbocycles. The van der Waals surface area contributed by atoms with E-state index in [0.29, 0.717) is 32.5 Å². The molecule has 1 aromatic carbocycles. The molecule has 3 rings (SSSR count). The smallest absolute Gasteiger partial charge is 0.338 e. The molecule has 2 amide bonds. The summed E-state index contributed by atoms with van der Waals surface area (Å²) in [4.78, 5) is 27.8. The van der Waals surface area contributed by atoms with E-state index in [2.05, 4.69) is 0 Å². The SMILES string of the molecule is CC1(C)CCCN(C(=O)c2cc(N3CCCC3=O)cc(C(F)(F)F)c2)C1. The van der Waals surface area contributed by atoms with Crippen LogP contribution in [0.2, 0.25) is 0 Å². The minimum atomic E-state index is -4.57. The summed E-state index contributed by atoms with van der Waals surface area (Å²) in [5, 5.41) is 0. The molecule has 2 heterocycles. The van der Waals surface area contributed by atoms with Gasteiger partial charge in [0.25, 0.3) is 5.91 Å². The Morgan fingerprint density at radius 2 is 1.85 bits per heavy atom. The van der Waals surface area contributed by atoms with Crippen molar-refractivity contribution in [3.05, 3.63) is 29.3 Å². The number of amides is 2. The van der Waals surface area contributed by atoms with E-state index in [1.165, 1.54) is 11.0 Å². The summed E-state index contributed by atoms with van der Waals surface area (Å²) in [6.07, 6.45) is -1.84. The van der Waals surface area contributed by atoms with Gasteiger partial charge in [-0.3, -0.25) is 9.59 Å². The van der Waals surface area contributed by atoms with Crippen LogP contribution in [0.5, 0.6) is 0 Å². The van der Waals surface area contributed by atoms with Crippen LogP contribution in [0.25, 0.3) is 0 Å². The molecule has 2 aliphatic rings. The Kier molecular flexibility index (Phi) is 4.75. The van der Waals surface area contributed by atoms with E-state index in [-0.39, 0.29) is 22.6 Å². The normalized spacial score (nSPS) is 20.6. The second-order valence-corrected chi connectivity index (χ2v) is 7.91. The molecular weight excluding hydrogens is 345 g/mol. The van der Waals surface area contributed by atoms with Crippen molar-refractivity contribution in [2.45, 2.75) is 45.7 Å². The summed E-state index contributed by atoms with van der Waals surface area (Å²) in [6, 6.07) is 3.27. The molecule has 0 N–H and O–H groups in total. The first-order valence-electron chi connectivity index (χ1n) is 8.89. The van der Waals surface area contributed by atoms with Crippen LogP contribution in [0.15, 0.2) is 18.2 Å². The summed E-state index contributed by atoms with van der Waals surface area (Å²) in [7, 11) is 0. The average molecular weight is 368 g/mol. The minimum absolute atomic E-state index is 0.00720. The van der Waals surface area contributed by atoms with Gasteiger partial charge in [-0.1, -0.05) is 13.8 Å². The second-order valence-electron chi connectivity index (χ2n) is 7.91. The summed E-state index contributed by atoms with van der Waals surface area (Å²) in [5.74, 6) is -0.612. The third-order valence-electron chi connectivity index (χ3n) is 5.06. The van der Waals surface area contributed by atoms with Crippen LogP contribution in [0.3, 0.4) is 0 Å². The van der Waals surface area contributed by atoms with E-state index in [9.17, 15) is 22.8 Å². The second kappa shape index (κ2) is 6.59. The fourth-order valence-electron chi connectivity index (χ4n) is 3.75. The lowest BCUT2D eigenvalue weighted by atomic mass is 9.84. The fourth-order valence-corrected chi connectivity index (χ4v) is 3.75. The Bertz CT molecular complexity index is 728. The van der Waals surface area contributed by atoms with E-state index < -0.39 is 17.6 Å². The maximum atomic E-state index is 13.3. The molecule has 0 atom stereocenters. The van der Waals surface area contributed by atoms with Crippen molar-refractivity contribution >= 4 is 17.5 Å². The van der Waals surface area contributed by atoms with Gasteiger partial charge in [0.1, 0.15) is 0 Å². The summed E-state index contributed by atoms with van der Waals surface area (Å²) < 4.78 is 40.0. The maximum Gasteiger partial charge on any atom is 0.416 e. The monoisotopic (exact) mass is 368 g/mol. The molecule has 2 fully saturated rings. The Morgan fingerprint density at radius 1 is 1.12 bits per heavy atom. The van der Waals surface area contributed by atoms with Gasteiger partial charge in [-0.05, 0) is 42.9 Å². The van der Waals surface area contributed by atoms with E-state index in [0.717, 1.165) is 25.0 Å². The third kappa shape index (κ3) is 3.86. The van der Waals surface area contributed by atoms with Gasteiger partial charge < -0.3 is 9.80 Å². The van der Waals surface area contributed by atoms with Crippen LogP contribution in [0, 0.1) is 5.41 Å². The summed E-state index contributed by atoms with van der Waals surface area (Å²) in [6.45, 7) is 5.53. The fraction of sp³-hybridized carbons (Fsp3) is 0.579. The topological polar surface area (TPSA) is 40.6 Å². The molecule has 0 aromatic heterocycles. The number of likely N-dealkylation sites (tertiary alicyclic amines) is 1. The van der Waals surface area contributed by atoms with Crippen LogP contribution >= 0.6 is 0 Å². The zero-order valence-electron chi connectivity index (χ0n) is 15.0. The van der Waals surface area contributed by atoms with Crippen molar-refractivity contribution in [3.8, 4) is 0 Å². The van der Waals surface area contributed by atoms with Gasteiger partial charge in [-0.2, -0.15) is 13.2 Å². The molecule has 7 heteroatoms. The number of rotatable bonds is 2. The Morgan fingerprint density at radius 3 is 2.42 bits per heavy atom. The zero-order chi connectivity index (χ0) is 19.1. The van der Waals surface area contributed by atoms with Crippen LogP contribution in [-0.2, 0) is 11.0 Å². The zero-order valence-corrected chi connectivity index (χ0v) is 15.0. The average Bonchev–Trinajstić information content (AvgIpc) is 2.98. The van der Waals surface area contributed by atoms with E-state index in [4.69, 9.17) is 0 Å². The molecule has 26 heavy (non-hydrogen) atoms. The quantitative estimate of drug-likeness (QED) is 0.789. The van der Waals surface area contributed by atoms with Gasteiger partial charge in [0, 0.05) is 37.3 Å². The number of halogens is 3. The molecule has 0 aliphatic carbocycles. The molecule has 0 radical (unpaired) electrons. The number of alkyl halides is 3. The highest BCUT2D eigenvalue weighted by Crippen LogP contribution is 2.35. The molecule has 4 nitrogen and oxygen atoms in total. The molecule has 1 aromatic rings. The first-order valence-corrected chi connectivity index (χ1v) is 8.89. The van der Waals surface area contributed by atoms with E-state index in [1.54, 1.807) is 4.90 Å². The molecule has 142 valence electrons. The molecule has 0 unspecified atom stereocenters. The highest BCUT2D eigenvalue weighted by molar-refractivity contribution is 5.99. The first kappa shape index (κ1) is 18.7.